The van der Waals surface area contributed by atoms with Crippen molar-refractivity contribution in [2.45, 2.75) is 37.4 Å². The van der Waals surface area contributed by atoms with E-state index in [1.165, 1.54) is 0 Å². The number of nitrogens with two attached hydrogens (primary N) is 1. The van der Waals surface area contributed by atoms with E-state index < -0.39 is 12.1 Å². The molecule has 1 rings (SSSR count). The summed E-state index contributed by atoms with van der Waals surface area (Å²) in [6.45, 7) is 2.04. The molecule has 0 saturated heterocycles. The van der Waals surface area contributed by atoms with Crippen LogP contribution in [0.15, 0.2) is 0 Å². The predicted octanol–water partition coefficient (Wildman–Crippen LogP) is 1.59. The molecule has 3 N–H and O–H groups in total. The number of hydrogen-bond acceptors (Lipinski definition) is 3. The largest absolute Gasteiger partial charge is 0.391 e. The van der Waals surface area contributed by atoms with Crippen molar-refractivity contribution in [3.8, 4) is 0 Å². The second kappa shape index (κ2) is 6.21. The molecule has 1 fully saturated rings. The van der Waals surface area contributed by atoms with Crippen molar-refractivity contribution in [3.05, 3.63) is 0 Å². The van der Waals surface area contributed by atoms with Gasteiger partial charge in [-0.1, -0.05) is 0 Å². The molecule has 18 heavy (non-hydrogen) atoms. The van der Waals surface area contributed by atoms with Gasteiger partial charge in [-0.2, -0.15) is 13.2 Å². The molecule has 0 radical (unpaired) electrons. The summed E-state index contributed by atoms with van der Waals surface area (Å²) in [5, 5.41) is 3.35. The summed E-state index contributed by atoms with van der Waals surface area (Å²) in [5.74, 6) is -1.15. The van der Waals surface area contributed by atoms with Gasteiger partial charge >= 0.3 is 6.18 Å². The third-order valence-corrected chi connectivity index (χ3v) is 3.86. The van der Waals surface area contributed by atoms with Crippen molar-refractivity contribution in [1.29, 1.82) is 0 Å². The van der Waals surface area contributed by atoms with Crippen molar-refractivity contribution >= 4 is 0 Å². The quantitative estimate of drug-likeness (QED) is 0.795. The summed E-state index contributed by atoms with van der Waals surface area (Å²) in [5.41, 5.74) is 5.46. The van der Waals surface area contributed by atoms with E-state index in [1.807, 2.05) is 19.0 Å². The first-order chi connectivity index (χ1) is 8.29. The van der Waals surface area contributed by atoms with Crippen molar-refractivity contribution in [1.82, 2.24) is 10.2 Å². The molecule has 108 valence electrons. The summed E-state index contributed by atoms with van der Waals surface area (Å²) in [6.07, 6.45) is -2.64. The van der Waals surface area contributed by atoms with Crippen LogP contribution in [0.25, 0.3) is 0 Å². The minimum atomic E-state index is -4.05. The van der Waals surface area contributed by atoms with Gasteiger partial charge in [0, 0.05) is 25.2 Å². The van der Waals surface area contributed by atoms with Crippen LogP contribution in [0.2, 0.25) is 0 Å². The highest BCUT2D eigenvalue weighted by atomic mass is 19.4. The van der Waals surface area contributed by atoms with Gasteiger partial charge in [0.2, 0.25) is 0 Å². The Labute approximate surface area is 107 Å². The van der Waals surface area contributed by atoms with Crippen LogP contribution < -0.4 is 11.1 Å². The van der Waals surface area contributed by atoms with E-state index in [0.717, 1.165) is 13.1 Å². The highest BCUT2D eigenvalue weighted by molar-refractivity contribution is 4.95. The van der Waals surface area contributed by atoms with Crippen LogP contribution in [0.1, 0.15) is 25.7 Å². The van der Waals surface area contributed by atoms with Gasteiger partial charge in [0.25, 0.3) is 0 Å². The lowest BCUT2D eigenvalue weighted by Crippen LogP contribution is -2.55. The molecule has 3 nitrogen and oxygen atoms in total. The Kier molecular flexibility index (Phi) is 5.43. The molecule has 1 aliphatic rings. The molecule has 0 aromatic heterocycles. The van der Waals surface area contributed by atoms with Crippen molar-refractivity contribution in [2.24, 2.45) is 11.7 Å². The number of hydrogen-bond donors (Lipinski definition) is 2. The fraction of sp³-hybridized carbons (Fsp3) is 1.00. The fourth-order valence-corrected chi connectivity index (χ4v) is 2.50. The Morgan fingerprint density at radius 2 is 1.83 bits per heavy atom. The molecule has 1 saturated carbocycles. The van der Waals surface area contributed by atoms with Crippen LogP contribution in [-0.2, 0) is 0 Å². The molecule has 0 spiro atoms. The van der Waals surface area contributed by atoms with Crippen molar-refractivity contribution in [3.63, 3.8) is 0 Å². The zero-order valence-corrected chi connectivity index (χ0v) is 11.2. The van der Waals surface area contributed by atoms with Gasteiger partial charge in [-0.3, -0.25) is 0 Å². The number of nitrogens with zero attached hydrogens (tertiary/aromatic N) is 1. The van der Waals surface area contributed by atoms with Gasteiger partial charge in [0.15, 0.2) is 0 Å². The Balaban J connectivity index is 2.44. The van der Waals surface area contributed by atoms with Gasteiger partial charge in [0.05, 0.1) is 5.92 Å². The molecule has 0 amide bonds. The smallest absolute Gasteiger partial charge is 0.329 e. The van der Waals surface area contributed by atoms with Gasteiger partial charge in [-0.05, 0) is 39.8 Å². The average molecular weight is 267 g/mol. The van der Waals surface area contributed by atoms with Gasteiger partial charge < -0.3 is 16.0 Å². The third kappa shape index (κ3) is 4.40. The Bertz CT molecular complexity index is 245. The normalized spacial score (nSPS) is 29.8. The van der Waals surface area contributed by atoms with E-state index in [2.05, 4.69) is 5.32 Å². The maximum Gasteiger partial charge on any atom is 0.391 e. The molecule has 0 aliphatic heterocycles. The number of alkyl halides is 3. The molecular formula is C12H24F3N3. The summed E-state index contributed by atoms with van der Waals surface area (Å²) < 4.78 is 37.8. The lowest BCUT2D eigenvalue weighted by Gasteiger charge is -2.41. The van der Waals surface area contributed by atoms with Crippen LogP contribution in [0.4, 0.5) is 13.2 Å². The lowest BCUT2D eigenvalue weighted by atomic mass is 9.76. The summed E-state index contributed by atoms with van der Waals surface area (Å²) in [4.78, 5) is 2.04. The maximum absolute atomic E-state index is 12.6. The van der Waals surface area contributed by atoms with Crippen LogP contribution in [0, 0.1) is 5.92 Å². The zero-order valence-electron chi connectivity index (χ0n) is 11.2. The maximum atomic E-state index is 12.6. The molecule has 0 unspecified atom stereocenters. The topological polar surface area (TPSA) is 41.3 Å². The highest BCUT2D eigenvalue weighted by Gasteiger charge is 2.45. The van der Waals surface area contributed by atoms with Crippen molar-refractivity contribution < 1.29 is 13.2 Å². The van der Waals surface area contributed by atoms with Gasteiger partial charge in [-0.25, -0.2) is 0 Å². The molecule has 0 heterocycles. The fourth-order valence-electron chi connectivity index (χ4n) is 2.50. The summed E-state index contributed by atoms with van der Waals surface area (Å²) >= 11 is 0. The minimum Gasteiger partial charge on any atom is -0.329 e. The molecular weight excluding hydrogens is 243 g/mol. The predicted molar refractivity (Wildman–Crippen MR) is 66.4 cm³/mol. The Morgan fingerprint density at radius 1 is 1.28 bits per heavy atom. The van der Waals surface area contributed by atoms with E-state index in [0.29, 0.717) is 19.4 Å². The molecule has 6 heteroatoms. The number of nitrogens with one attached hydrogen (secondary N) is 1. The molecule has 0 bridgehead atoms. The Morgan fingerprint density at radius 3 is 2.22 bits per heavy atom. The standard InChI is InChI=1S/C12H24F3N3/c1-18(2)8-7-17-11(9-16)5-3-10(4-6-11)12(13,14)15/h10,17H,3-9,16H2,1-2H3. The highest BCUT2D eigenvalue weighted by Crippen LogP contribution is 2.40. The van der Waals surface area contributed by atoms with Crippen molar-refractivity contribution in [2.75, 3.05) is 33.7 Å². The second-order valence-electron chi connectivity index (χ2n) is 5.53. The number of rotatable bonds is 5. The number of halogens is 3. The van der Waals surface area contributed by atoms with Gasteiger partial charge in [-0.15, -0.1) is 0 Å². The van der Waals surface area contributed by atoms with E-state index >= 15 is 0 Å². The van der Waals surface area contributed by atoms with Gasteiger partial charge in [0.1, 0.15) is 0 Å². The minimum absolute atomic E-state index is 0.190. The first-order valence-electron chi connectivity index (χ1n) is 6.46. The second-order valence-corrected chi connectivity index (χ2v) is 5.53. The molecule has 0 atom stereocenters. The van der Waals surface area contributed by atoms with E-state index in [-0.39, 0.29) is 18.4 Å². The molecule has 0 aromatic carbocycles. The van der Waals surface area contributed by atoms with E-state index in [1.54, 1.807) is 0 Å². The van der Waals surface area contributed by atoms with Crippen LogP contribution in [-0.4, -0.2) is 50.3 Å². The van der Waals surface area contributed by atoms with E-state index in [9.17, 15) is 13.2 Å². The molecule has 1 aliphatic carbocycles. The average Bonchev–Trinajstić information content (AvgIpc) is 2.28. The summed E-state index contributed by atoms with van der Waals surface area (Å²) in [6, 6.07) is 0. The lowest BCUT2D eigenvalue weighted by molar-refractivity contribution is -0.185. The van der Waals surface area contributed by atoms with E-state index in [4.69, 9.17) is 5.73 Å². The third-order valence-electron chi connectivity index (χ3n) is 3.86. The van der Waals surface area contributed by atoms with Crippen LogP contribution in [0.3, 0.4) is 0 Å². The number of likely N-dealkylation sites (N-methyl/N-ethyl adjacent to an activating group) is 1. The first-order valence-corrected chi connectivity index (χ1v) is 6.46. The van der Waals surface area contributed by atoms with Crippen LogP contribution >= 0.6 is 0 Å². The SMILES string of the molecule is CN(C)CCNC1(CN)CCC(C(F)(F)F)CC1. The Hall–Kier alpha value is -0.330. The van der Waals surface area contributed by atoms with Crippen LogP contribution in [0.5, 0.6) is 0 Å². The monoisotopic (exact) mass is 267 g/mol. The zero-order chi connectivity index (χ0) is 13.8. The molecule has 0 aromatic rings. The summed E-state index contributed by atoms with van der Waals surface area (Å²) in [7, 11) is 3.94. The first kappa shape index (κ1) is 15.7.